The van der Waals surface area contributed by atoms with E-state index in [0.717, 1.165) is 25.7 Å². The van der Waals surface area contributed by atoms with Crippen molar-refractivity contribution in [1.29, 1.82) is 0 Å². The van der Waals surface area contributed by atoms with Gasteiger partial charge in [0.15, 0.2) is 0 Å². The number of hydrogen-bond acceptors (Lipinski definition) is 4. The molecule has 8 unspecified atom stereocenters. The molecule has 0 amide bonds. The van der Waals surface area contributed by atoms with E-state index in [4.69, 9.17) is 14.2 Å². The fourth-order valence-electron chi connectivity index (χ4n) is 4.24. The van der Waals surface area contributed by atoms with Crippen molar-refractivity contribution in [2.75, 3.05) is 0 Å². The fraction of sp³-hybridized carbons (Fsp3) is 0.938. The minimum absolute atomic E-state index is 0.0186. The Morgan fingerprint density at radius 1 is 1.10 bits per heavy atom. The lowest BCUT2D eigenvalue weighted by Crippen LogP contribution is -2.45. The molecule has 0 aromatic heterocycles. The first-order valence-corrected chi connectivity index (χ1v) is 8.03. The topological polar surface area (TPSA) is 51.4 Å². The van der Waals surface area contributed by atoms with E-state index in [1.54, 1.807) is 0 Å². The van der Waals surface area contributed by atoms with E-state index in [0.29, 0.717) is 24.2 Å². The summed E-state index contributed by atoms with van der Waals surface area (Å²) in [4.78, 5) is 12.7. The lowest BCUT2D eigenvalue weighted by molar-refractivity contribution is -0.169. The van der Waals surface area contributed by atoms with Crippen molar-refractivity contribution in [3.05, 3.63) is 0 Å². The summed E-state index contributed by atoms with van der Waals surface area (Å²) in [6.45, 7) is 6.34. The number of hydrogen-bond donors (Lipinski definition) is 0. The van der Waals surface area contributed by atoms with Crippen LogP contribution in [0.1, 0.15) is 46.5 Å². The highest BCUT2D eigenvalue weighted by molar-refractivity contribution is 5.77. The lowest BCUT2D eigenvalue weighted by Gasteiger charge is -2.37. The molecule has 20 heavy (non-hydrogen) atoms. The Hall–Kier alpha value is -0.610. The van der Waals surface area contributed by atoms with Gasteiger partial charge in [0.1, 0.15) is 6.10 Å². The van der Waals surface area contributed by atoms with Crippen LogP contribution in [-0.2, 0) is 19.0 Å². The van der Waals surface area contributed by atoms with Crippen LogP contribution in [0.4, 0.5) is 0 Å². The molecule has 0 aromatic carbocycles. The summed E-state index contributed by atoms with van der Waals surface area (Å²) in [5, 5.41) is 0. The predicted octanol–water partition coefficient (Wildman–Crippen LogP) is 2.30. The largest absolute Gasteiger partial charge is 0.462 e. The summed E-state index contributed by atoms with van der Waals surface area (Å²) in [7, 11) is 0. The molecule has 2 saturated heterocycles. The highest BCUT2D eigenvalue weighted by Gasteiger charge is 2.58. The number of ether oxygens (including phenoxy) is 3. The van der Waals surface area contributed by atoms with Crippen LogP contribution in [-0.4, -0.2) is 36.5 Å². The van der Waals surface area contributed by atoms with Crippen LogP contribution >= 0.6 is 0 Å². The second kappa shape index (κ2) is 4.20. The van der Waals surface area contributed by atoms with Gasteiger partial charge in [-0.2, -0.15) is 0 Å². The highest BCUT2D eigenvalue weighted by Crippen LogP contribution is 2.51. The zero-order valence-corrected chi connectivity index (χ0v) is 12.5. The van der Waals surface area contributed by atoms with Gasteiger partial charge in [0, 0.05) is 11.8 Å². The van der Waals surface area contributed by atoms with Crippen molar-refractivity contribution in [2.24, 2.45) is 17.3 Å². The first-order chi connectivity index (χ1) is 9.50. The molecule has 0 spiro atoms. The first kappa shape index (κ1) is 13.1. The Balaban J connectivity index is 1.44. The van der Waals surface area contributed by atoms with Gasteiger partial charge in [0.2, 0.25) is 0 Å². The lowest BCUT2D eigenvalue weighted by atomic mass is 9.68. The zero-order valence-electron chi connectivity index (χ0n) is 12.5. The number of epoxide rings is 2. The second-order valence-corrected chi connectivity index (χ2v) is 7.40. The first-order valence-electron chi connectivity index (χ1n) is 8.03. The minimum Gasteiger partial charge on any atom is -0.462 e. The third-order valence-corrected chi connectivity index (χ3v) is 6.25. The number of carbonyl (C=O) groups is 1. The van der Waals surface area contributed by atoms with Crippen LogP contribution in [0.2, 0.25) is 0 Å². The molecule has 2 aliphatic heterocycles. The number of esters is 1. The highest BCUT2D eigenvalue weighted by atomic mass is 16.6. The van der Waals surface area contributed by atoms with Gasteiger partial charge in [-0.15, -0.1) is 0 Å². The van der Waals surface area contributed by atoms with E-state index in [1.165, 1.54) is 0 Å². The fourth-order valence-corrected chi connectivity index (χ4v) is 4.24. The molecule has 112 valence electrons. The van der Waals surface area contributed by atoms with Gasteiger partial charge in [-0.1, -0.05) is 13.8 Å². The Kier molecular flexibility index (Phi) is 2.75. The third kappa shape index (κ3) is 1.84. The van der Waals surface area contributed by atoms with Crippen molar-refractivity contribution >= 4 is 5.97 Å². The Morgan fingerprint density at radius 3 is 2.60 bits per heavy atom. The average molecular weight is 280 g/mol. The van der Waals surface area contributed by atoms with E-state index in [9.17, 15) is 4.79 Å². The molecular weight excluding hydrogens is 256 g/mol. The van der Waals surface area contributed by atoms with Crippen molar-refractivity contribution in [3.8, 4) is 0 Å². The molecule has 2 saturated carbocycles. The molecule has 4 rings (SSSR count). The van der Waals surface area contributed by atoms with E-state index in [2.05, 4.69) is 20.8 Å². The van der Waals surface area contributed by atoms with Crippen LogP contribution in [0.25, 0.3) is 0 Å². The van der Waals surface area contributed by atoms with Gasteiger partial charge >= 0.3 is 5.97 Å². The second-order valence-electron chi connectivity index (χ2n) is 7.40. The molecule has 4 nitrogen and oxygen atoms in total. The smallest absolute Gasteiger partial charge is 0.312 e. The average Bonchev–Trinajstić information content (AvgIpc) is 3.30. The van der Waals surface area contributed by atoms with Gasteiger partial charge in [-0.05, 0) is 32.6 Å². The predicted molar refractivity (Wildman–Crippen MR) is 72.1 cm³/mol. The summed E-state index contributed by atoms with van der Waals surface area (Å²) in [5.41, 5.74) is -0.376. The monoisotopic (exact) mass is 280 g/mol. The molecule has 0 radical (unpaired) electrons. The Morgan fingerprint density at radius 2 is 1.80 bits per heavy atom. The summed E-state index contributed by atoms with van der Waals surface area (Å²) in [6.07, 6.45) is 5.34. The molecule has 0 aromatic rings. The quantitative estimate of drug-likeness (QED) is 0.575. The summed E-state index contributed by atoms with van der Waals surface area (Å²) < 4.78 is 17.2. The zero-order chi connectivity index (χ0) is 14.1. The maximum absolute atomic E-state index is 12.7. The molecule has 4 aliphatic rings. The molecule has 0 bridgehead atoms. The normalized spacial score (nSPS) is 56.5. The van der Waals surface area contributed by atoms with E-state index in [-0.39, 0.29) is 29.5 Å². The van der Waals surface area contributed by atoms with Crippen LogP contribution in [0, 0.1) is 17.3 Å². The molecule has 8 atom stereocenters. The molecular formula is C16H24O4. The third-order valence-electron chi connectivity index (χ3n) is 6.25. The van der Waals surface area contributed by atoms with Crippen molar-refractivity contribution in [2.45, 2.75) is 77.0 Å². The van der Waals surface area contributed by atoms with Crippen LogP contribution < -0.4 is 0 Å². The van der Waals surface area contributed by atoms with Gasteiger partial charge in [0.25, 0.3) is 0 Å². The van der Waals surface area contributed by atoms with E-state index < -0.39 is 0 Å². The van der Waals surface area contributed by atoms with Crippen LogP contribution in [0.5, 0.6) is 0 Å². The maximum Gasteiger partial charge on any atom is 0.312 e. The van der Waals surface area contributed by atoms with Gasteiger partial charge < -0.3 is 14.2 Å². The van der Waals surface area contributed by atoms with Crippen molar-refractivity contribution in [1.82, 2.24) is 0 Å². The van der Waals surface area contributed by atoms with Gasteiger partial charge in [-0.3, -0.25) is 4.79 Å². The Bertz CT molecular complexity index is 436. The van der Waals surface area contributed by atoms with Gasteiger partial charge in [0.05, 0.1) is 29.8 Å². The van der Waals surface area contributed by atoms with Crippen molar-refractivity contribution < 1.29 is 19.0 Å². The van der Waals surface area contributed by atoms with Crippen LogP contribution in [0.15, 0.2) is 0 Å². The summed E-state index contributed by atoms with van der Waals surface area (Å²) in [6, 6.07) is 0. The van der Waals surface area contributed by atoms with E-state index in [1.807, 2.05) is 0 Å². The van der Waals surface area contributed by atoms with E-state index >= 15 is 0 Å². The molecule has 0 N–H and O–H groups in total. The standard InChI is InChI=1S/C16H24O4/c1-8-10(4-5-11-13(8)18-11)20-15(17)16(3)7-6-12-14(19-12)9(16)2/h8-14H,4-7H2,1-3H3. The Labute approximate surface area is 120 Å². The summed E-state index contributed by atoms with van der Waals surface area (Å²) >= 11 is 0. The van der Waals surface area contributed by atoms with Crippen LogP contribution in [0.3, 0.4) is 0 Å². The SMILES string of the molecule is CC1C(OC(=O)C2(C)CCC3OC3C2C)CCC2OC21. The molecule has 2 aliphatic carbocycles. The number of fused-ring (bicyclic) bond motifs is 2. The summed E-state index contributed by atoms with van der Waals surface area (Å²) in [5.74, 6) is 0.581. The molecule has 4 heteroatoms. The maximum atomic E-state index is 12.7. The molecule has 4 fully saturated rings. The van der Waals surface area contributed by atoms with Crippen molar-refractivity contribution in [3.63, 3.8) is 0 Å². The number of rotatable bonds is 2. The minimum atomic E-state index is -0.376. The number of carbonyl (C=O) groups excluding carboxylic acids is 1. The molecule has 2 heterocycles. The van der Waals surface area contributed by atoms with Gasteiger partial charge in [-0.25, -0.2) is 0 Å².